The van der Waals surface area contributed by atoms with E-state index >= 15 is 0 Å². The van der Waals surface area contributed by atoms with Gasteiger partial charge in [-0.25, -0.2) is 0 Å². The molecule has 204 valence electrons. The van der Waals surface area contributed by atoms with Crippen LogP contribution in [-0.2, 0) is 0 Å². The van der Waals surface area contributed by atoms with Crippen molar-refractivity contribution in [2.45, 2.75) is 4.90 Å². The minimum atomic E-state index is 0.807. The summed E-state index contributed by atoms with van der Waals surface area (Å²) in [6.07, 6.45) is 2.00. The number of aromatic nitrogens is 2. The van der Waals surface area contributed by atoms with Crippen molar-refractivity contribution < 1.29 is 0 Å². The van der Waals surface area contributed by atoms with E-state index < -0.39 is 0 Å². The van der Waals surface area contributed by atoms with Gasteiger partial charge in [0.2, 0.25) is 0 Å². The van der Waals surface area contributed by atoms with E-state index in [0.29, 0.717) is 0 Å². The van der Waals surface area contributed by atoms with Crippen LogP contribution < -0.4 is 5.32 Å². The number of aliphatic imine (C=N–C) groups is 1. The van der Waals surface area contributed by atoms with Crippen LogP contribution in [0, 0.1) is 0 Å². The topological polar surface area (TPSA) is 34.2 Å². The lowest BCUT2D eigenvalue weighted by Crippen LogP contribution is -1.98. The second-order valence-corrected chi connectivity index (χ2v) is 11.9. The Balaban J connectivity index is 1.24. The van der Waals surface area contributed by atoms with E-state index in [1.807, 2.05) is 18.3 Å². The minimum Gasteiger partial charge on any atom is -0.353 e. The summed E-state index contributed by atoms with van der Waals surface area (Å²) in [5, 5.41) is 8.67. The van der Waals surface area contributed by atoms with E-state index in [1.165, 1.54) is 54.2 Å². The fourth-order valence-corrected chi connectivity index (χ4v) is 7.36. The SMILES string of the molecule is C1=Nc2ccccc2Nc2ccc(-n3c4ccccc4c4cc(-n5c6ccccc6c6ccccc65)ccc43)cc2SC1. The molecule has 3 heterocycles. The molecule has 0 aliphatic carbocycles. The van der Waals surface area contributed by atoms with Gasteiger partial charge in [0, 0.05) is 49.8 Å². The van der Waals surface area contributed by atoms with Crippen molar-refractivity contribution in [2.24, 2.45) is 4.99 Å². The first-order chi connectivity index (χ1) is 21.3. The summed E-state index contributed by atoms with van der Waals surface area (Å²) in [7, 11) is 0. The van der Waals surface area contributed by atoms with Gasteiger partial charge in [0.15, 0.2) is 0 Å². The quantitative estimate of drug-likeness (QED) is 0.224. The predicted molar refractivity (Wildman–Crippen MR) is 184 cm³/mol. The second kappa shape index (κ2) is 9.65. The van der Waals surface area contributed by atoms with E-state index in [2.05, 4.69) is 136 Å². The lowest BCUT2D eigenvalue weighted by molar-refractivity contribution is 1.15. The maximum atomic E-state index is 4.70. The van der Waals surface area contributed by atoms with Crippen molar-refractivity contribution in [1.82, 2.24) is 9.13 Å². The molecule has 5 heteroatoms. The third-order valence-corrected chi connectivity index (χ3v) is 9.40. The maximum absolute atomic E-state index is 4.70. The fourth-order valence-electron chi connectivity index (χ4n) is 6.55. The highest BCUT2D eigenvalue weighted by Gasteiger charge is 2.17. The molecule has 0 radical (unpaired) electrons. The molecule has 0 unspecified atom stereocenters. The molecule has 0 spiro atoms. The standard InChI is InChI=1S/C38H26N4S/c1-6-14-34-27(9-1)28-10-2-7-15-35(28)41(34)25-18-20-37-30(23-25)29-11-3-8-16-36(29)42(37)26-17-19-33-38(24-26)43-22-21-39-31-12-4-5-13-32(31)40-33/h1-21,23-24,40H,22H2. The van der Waals surface area contributed by atoms with Crippen LogP contribution in [0.2, 0.25) is 0 Å². The smallest absolute Gasteiger partial charge is 0.0860 e. The molecule has 1 N–H and O–H groups in total. The zero-order valence-electron chi connectivity index (χ0n) is 23.2. The zero-order valence-corrected chi connectivity index (χ0v) is 24.1. The Morgan fingerprint density at radius 2 is 1.07 bits per heavy atom. The highest BCUT2D eigenvalue weighted by Crippen LogP contribution is 2.40. The number of benzene rings is 6. The van der Waals surface area contributed by atoms with Crippen LogP contribution in [0.25, 0.3) is 55.0 Å². The number of hydrogen-bond acceptors (Lipinski definition) is 3. The molecule has 6 aromatic carbocycles. The summed E-state index contributed by atoms with van der Waals surface area (Å²) in [6.45, 7) is 0. The summed E-state index contributed by atoms with van der Waals surface area (Å²) in [5.74, 6) is 0.807. The van der Waals surface area contributed by atoms with Gasteiger partial charge in [-0.05, 0) is 66.7 Å². The van der Waals surface area contributed by atoms with E-state index in [-0.39, 0.29) is 0 Å². The molecule has 1 aliphatic rings. The molecule has 0 saturated heterocycles. The molecule has 0 bridgehead atoms. The third kappa shape index (κ3) is 3.82. The summed E-state index contributed by atoms with van der Waals surface area (Å²) < 4.78 is 4.79. The molecule has 9 rings (SSSR count). The lowest BCUT2D eigenvalue weighted by Gasteiger charge is -2.15. The first kappa shape index (κ1) is 24.3. The number of fused-ring (bicyclic) bond motifs is 8. The van der Waals surface area contributed by atoms with Crippen LogP contribution in [0.3, 0.4) is 0 Å². The van der Waals surface area contributed by atoms with Crippen molar-refractivity contribution in [1.29, 1.82) is 0 Å². The van der Waals surface area contributed by atoms with Crippen molar-refractivity contribution in [3.05, 3.63) is 133 Å². The Morgan fingerprint density at radius 3 is 1.79 bits per heavy atom. The van der Waals surface area contributed by atoms with E-state index in [0.717, 1.165) is 28.5 Å². The molecular weight excluding hydrogens is 545 g/mol. The van der Waals surface area contributed by atoms with Crippen LogP contribution in [0.4, 0.5) is 17.1 Å². The first-order valence-corrected chi connectivity index (χ1v) is 15.5. The molecule has 2 aromatic heterocycles. The molecule has 0 fully saturated rings. The van der Waals surface area contributed by atoms with Gasteiger partial charge in [-0.1, -0.05) is 66.7 Å². The van der Waals surface area contributed by atoms with Gasteiger partial charge < -0.3 is 14.5 Å². The molecule has 4 nitrogen and oxygen atoms in total. The predicted octanol–water partition coefficient (Wildman–Crippen LogP) is 10.4. The number of para-hydroxylation sites is 5. The van der Waals surface area contributed by atoms with Crippen molar-refractivity contribution >= 4 is 78.7 Å². The number of nitrogens with zero attached hydrogens (tertiary/aromatic N) is 3. The van der Waals surface area contributed by atoms with Crippen LogP contribution in [0.15, 0.2) is 143 Å². The lowest BCUT2D eigenvalue weighted by atomic mass is 10.1. The summed E-state index contributed by atoms with van der Waals surface area (Å²) in [6, 6.07) is 48.0. The molecule has 0 atom stereocenters. The van der Waals surface area contributed by atoms with Gasteiger partial charge in [-0.15, -0.1) is 11.8 Å². The average molecular weight is 571 g/mol. The largest absolute Gasteiger partial charge is 0.353 e. The van der Waals surface area contributed by atoms with Gasteiger partial charge in [0.25, 0.3) is 0 Å². The number of hydrogen-bond donors (Lipinski definition) is 1. The van der Waals surface area contributed by atoms with Crippen LogP contribution in [0.5, 0.6) is 0 Å². The molecule has 0 amide bonds. The van der Waals surface area contributed by atoms with Crippen LogP contribution in [0.1, 0.15) is 0 Å². The molecule has 1 aliphatic heterocycles. The van der Waals surface area contributed by atoms with Crippen molar-refractivity contribution in [2.75, 3.05) is 11.1 Å². The average Bonchev–Trinajstić information content (AvgIpc) is 3.59. The fraction of sp³-hybridized carbons (Fsp3) is 0.0263. The van der Waals surface area contributed by atoms with Crippen LogP contribution in [-0.4, -0.2) is 21.1 Å². The van der Waals surface area contributed by atoms with E-state index in [9.17, 15) is 0 Å². The van der Waals surface area contributed by atoms with Gasteiger partial charge in [0.05, 0.1) is 39.1 Å². The molecular formula is C38H26N4S. The van der Waals surface area contributed by atoms with Gasteiger partial charge in [-0.2, -0.15) is 0 Å². The highest BCUT2D eigenvalue weighted by atomic mass is 32.2. The third-order valence-electron chi connectivity index (χ3n) is 8.43. The first-order valence-electron chi connectivity index (χ1n) is 14.5. The van der Waals surface area contributed by atoms with Gasteiger partial charge in [0.1, 0.15) is 0 Å². The Labute approximate surface area is 252 Å². The molecule has 43 heavy (non-hydrogen) atoms. The summed E-state index contributed by atoms with van der Waals surface area (Å²) in [4.78, 5) is 5.90. The van der Waals surface area contributed by atoms with Gasteiger partial charge in [-0.3, -0.25) is 4.99 Å². The number of thioether (sulfide) groups is 1. The normalized spacial score (nSPS) is 13.0. The summed E-state index contributed by atoms with van der Waals surface area (Å²) >= 11 is 1.80. The van der Waals surface area contributed by atoms with Gasteiger partial charge >= 0.3 is 0 Å². The van der Waals surface area contributed by atoms with E-state index in [1.54, 1.807) is 11.8 Å². The minimum absolute atomic E-state index is 0.807. The Hall–Kier alpha value is -5.26. The Morgan fingerprint density at radius 1 is 0.512 bits per heavy atom. The van der Waals surface area contributed by atoms with Crippen LogP contribution >= 0.6 is 11.8 Å². The monoisotopic (exact) mass is 570 g/mol. The highest BCUT2D eigenvalue weighted by molar-refractivity contribution is 8.00. The second-order valence-electron chi connectivity index (χ2n) is 10.9. The zero-order chi connectivity index (χ0) is 28.3. The number of rotatable bonds is 2. The molecule has 8 aromatic rings. The summed E-state index contributed by atoms with van der Waals surface area (Å²) in [5.41, 5.74) is 10.2. The van der Waals surface area contributed by atoms with Crippen molar-refractivity contribution in [3.63, 3.8) is 0 Å². The number of anilines is 2. The Bertz CT molecular complexity index is 2340. The van der Waals surface area contributed by atoms with Crippen molar-refractivity contribution in [3.8, 4) is 11.4 Å². The van der Waals surface area contributed by atoms with E-state index in [4.69, 9.17) is 4.99 Å². The maximum Gasteiger partial charge on any atom is 0.0860 e. The number of nitrogens with one attached hydrogen (secondary N) is 1. The molecule has 0 saturated carbocycles. The Kier molecular flexibility index (Phi) is 5.46.